The van der Waals surface area contributed by atoms with Crippen LogP contribution in [0.3, 0.4) is 0 Å². The monoisotopic (exact) mass is 350 g/mol. The van der Waals surface area contributed by atoms with Crippen molar-refractivity contribution in [3.63, 3.8) is 0 Å². The molecular weight excluding hydrogens is 335 g/mol. The third-order valence-electron chi connectivity index (χ3n) is 2.66. The summed E-state index contributed by atoms with van der Waals surface area (Å²) in [5.74, 6) is 0.528. The minimum Gasteiger partial charge on any atom is -0.207 e. The highest BCUT2D eigenvalue weighted by molar-refractivity contribution is 9.10. The van der Waals surface area contributed by atoms with Crippen molar-refractivity contribution in [2.45, 2.75) is 37.9 Å². The first-order valence-corrected chi connectivity index (χ1v) is 7.29. The first-order valence-electron chi connectivity index (χ1n) is 5.58. The van der Waals surface area contributed by atoms with Crippen LogP contribution in [0.5, 0.6) is 0 Å². The van der Waals surface area contributed by atoms with E-state index in [1.165, 1.54) is 6.07 Å². The second kappa shape index (κ2) is 6.75. The average molecular weight is 352 g/mol. The number of rotatable bonds is 5. The fraction of sp³-hybridized carbons (Fsp3) is 0.538. The molecule has 0 N–H and O–H groups in total. The van der Waals surface area contributed by atoms with Gasteiger partial charge < -0.3 is 0 Å². The second-order valence-electron chi connectivity index (χ2n) is 4.39. The molecule has 0 bridgehead atoms. The van der Waals surface area contributed by atoms with E-state index >= 15 is 0 Å². The lowest BCUT2D eigenvalue weighted by Gasteiger charge is -2.13. The van der Waals surface area contributed by atoms with Crippen LogP contribution >= 0.6 is 31.9 Å². The van der Waals surface area contributed by atoms with Gasteiger partial charge in [0.25, 0.3) is 0 Å². The molecule has 0 saturated heterocycles. The molecule has 0 amide bonds. The summed E-state index contributed by atoms with van der Waals surface area (Å²) in [5.41, 5.74) is 0.812. The van der Waals surface area contributed by atoms with Gasteiger partial charge in [-0.25, -0.2) is 4.39 Å². The molecule has 1 rings (SSSR count). The number of benzene rings is 1. The lowest BCUT2D eigenvalue weighted by molar-refractivity contribution is 0.552. The predicted octanol–water partition coefficient (Wildman–Crippen LogP) is 5.33. The summed E-state index contributed by atoms with van der Waals surface area (Å²) in [5, 5.41) is 0. The number of halogens is 3. The highest BCUT2D eigenvalue weighted by Gasteiger charge is 2.09. The van der Waals surface area contributed by atoms with Crippen LogP contribution in [0.1, 0.15) is 32.3 Å². The van der Waals surface area contributed by atoms with E-state index in [1.54, 1.807) is 0 Å². The van der Waals surface area contributed by atoms with Crippen molar-refractivity contribution in [1.29, 1.82) is 0 Å². The van der Waals surface area contributed by atoms with Gasteiger partial charge >= 0.3 is 0 Å². The van der Waals surface area contributed by atoms with Gasteiger partial charge in [-0.3, -0.25) is 0 Å². The smallest absolute Gasteiger partial charge is 0.127 e. The lowest BCUT2D eigenvalue weighted by Crippen LogP contribution is -2.07. The highest BCUT2D eigenvalue weighted by Crippen LogP contribution is 2.21. The van der Waals surface area contributed by atoms with Crippen LogP contribution < -0.4 is 0 Å². The molecule has 16 heavy (non-hydrogen) atoms. The maximum Gasteiger partial charge on any atom is 0.127 e. The van der Waals surface area contributed by atoms with E-state index in [4.69, 9.17) is 0 Å². The first-order chi connectivity index (χ1) is 7.50. The van der Waals surface area contributed by atoms with Crippen molar-refractivity contribution >= 4 is 31.9 Å². The zero-order valence-corrected chi connectivity index (χ0v) is 12.8. The van der Waals surface area contributed by atoms with E-state index in [9.17, 15) is 4.39 Å². The molecule has 0 spiro atoms. The molecule has 0 aliphatic heterocycles. The number of aryl methyl sites for hydroxylation is 1. The minimum absolute atomic E-state index is 0.106. The van der Waals surface area contributed by atoms with Crippen LogP contribution in [0.4, 0.5) is 4.39 Å². The summed E-state index contributed by atoms with van der Waals surface area (Å²) in [7, 11) is 0. The van der Waals surface area contributed by atoms with E-state index in [1.807, 2.05) is 12.1 Å². The van der Waals surface area contributed by atoms with Crippen molar-refractivity contribution in [3.05, 3.63) is 34.1 Å². The maximum absolute atomic E-state index is 13.5. The van der Waals surface area contributed by atoms with Crippen LogP contribution in [0.2, 0.25) is 0 Å². The SMILES string of the molecule is CC(C)C(Br)CCCc1ccc(Br)cc1F. The van der Waals surface area contributed by atoms with Crippen LogP contribution in [0, 0.1) is 11.7 Å². The van der Waals surface area contributed by atoms with E-state index < -0.39 is 0 Å². The number of alkyl halides is 1. The summed E-state index contributed by atoms with van der Waals surface area (Å²) in [4.78, 5) is 0.533. The standard InChI is InChI=1S/C13H17Br2F/c1-9(2)12(15)5-3-4-10-6-7-11(14)8-13(10)16/h6-9,12H,3-5H2,1-2H3. The van der Waals surface area contributed by atoms with E-state index in [0.717, 1.165) is 29.3 Å². The quantitative estimate of drug-likeness (QED) is 0.629. The Kier molecular flexibility index (Phi) is 5.98. The van der Waals surface area contributed by atoms with Crippen LogP contribution in [0.25, 0.3) is 0 Å². The maximum atomic E-state index is 13.5. The van der Waals surface area contributed by atoms with Crippen molar-refractivity contribution < 1.29 is 4.39 Å². The topological polar surface area (TPSA) is 0 Å². The Bertz CT molecular complexity index is 337. The molecule has 1 aromatic carbocycles. The minimum atomic E-state index is -0.106. The van der Waals surface area contributed by atoms with Crippen molar-refractivity contribution in [3.8, 4) is 0 Å². The van der Waals surface area contributed by atoms with Gasteiger partial charge in [0.05, 0.1) is 0 Å². The molecule has 0 heterocycles. The Balaban J connectivity index is 2.43. The Labute approximate surface area is 114 Å². The summed E-state index contributed by atoms with van der Waals surface area (Å²) < 4.78 is 14.3. The number of hydrogen-bond acceptors (Lipinski definition) is 0. The summed E-state index contributed by atoms with van der Waals surface area (Å²) >= 11 is 6.90. The van der Waals surface area contributed by atoms with Gasteiger partial charge in [0.15, 0.2) is 0 Å². The molecule has 1 aromatic rings. The summed E-state index contributed by atoms with van der Waals surface area (Å²) in [6, 6.07) is 5.29. The Morgan fingerprint density at radius 2 is 2.00 bits per heavy atom. The first kappa shape index (κ1) is 14.2. The fourth-order valence-corrected chi connectivity index (χ4v) is 2.20. The summed E-state index contributed by atoms with van der Waals surface area (Å²) in [6.45, 7) is 4.39. The third kappa shape index (κ3) is 4.54. The van der Waals surface area contributed by atoms with Crippen LogP contribution in [-0.4, -0.2) is 4.83 Å². The van der Waals surface area contributed by atoms with Gasteiger partial charge in [0, 0.05) is 9.30 Å². The molecule has 90 valence electrons. The molecule has 0 aliphatic rings. The van der Waals surface area contributed by atoms with Crippen LogP contribution in [-0.2, 0) is 6.42 Å². The van der Waals surface area contributed by atoms with E-state index in [0.29, 0.717) is 10.7 Å². The Morgan fingerprint density at radius 3 is 2.56 bits per heavy atom. The molecule has 1 unspecified atom stereocenters. The molecule has 0 saturated carbocycles. The van der Waals surface area contributed by atoms with E-state index in [-0.39, 0.29) is 5.82 Å². The lowest BCUT2D eigenvalue weighted by atomic mass is 10.0. The molecule has 0 aliphatic carbocycles. The molecule has 1 atom stereocenters. The van der Waals surface area contributed by atoms with Gasteiger partial charge in [-0.05, 0) is 42.9 Å². The Hall–Kier alpha value is 0.110. The highest BCUT2D eigenvalue weighted by atomic mass is 79.9. The zero-order valence-electron chi connectivity index (χ0n) is 9.64. The predicted molar refractivity (Wildman–Crippen MR) is 74.6 cm³/mol. The van der Waals surface area contributed by atoms with E-state index in [2.05, 4.69) is 45.7 Å². The zero-order chi connectivity index (χ0) is 12.1. The normalized spacial score (nSPS) is 13.1. The summed E-state index contributed by atoms with van der Waals surface area (Å²) in [6.07, 6.45) is 2.92. The van der Waals surface area contributed by atoms with Gasteiger partial charge in [0.1, 0.15) is 5.82 Å². The fourth-order valence-electron chi connectivity index (χ4n) is 1.55. The average Bonchev–Trinajstić information content (AvgIpc) is 2.20. The van der Waals surface area contributed by atoms with Crippen molar-refractivity contribution in [2.75, 3.05) is 0 Å². The van der Waals surface area contributed by atoms with Crippen LogP contribution in [0.15, 0.2) is 22.7 Å². The molecular formula is C13H17Br2F. The van der Waals surface area contributed by atoms with Gasteiger partial charge in [-0.2, -0.15) is 0 Å². The third-order valence-corrected chi connectivity index (χ3v) is 4.67. The van der Waals surface area contributed by atoms with Gasteiger partial charge in [-0.15, -0.1) is 0 Å². The Morgan fingerprint density at radius 1 is 1.31 bits per heavy atom. The molecule has 0 radical (unpaired) electrons. The number of hydrogen-bond donors (Lipinski definition) is 0. The van der Waals surface area contributed by atoms with Crippen molar-refractivity contribution in [2.24, 2.45) is 5.92 Å². The molecule has 0 nitrogen and oxygen atoms in total. The van der Waals surface area contributed by atoms with Gasteiger partial charge in [0.2, 0.25) is 0 Å². The second-order valence-corrected chi connectivity index (χ2v) is 6.48. The largest absolute Gasteiger partial charge is 0.207 e. The van der Waals surface area contributed by atoms with Gasteiger partial charge in [-0.1, -0.05) is 51.8 Å². The molecule has 3 heteroatoms. The molecule has 0 fully saturated rings. The molecule has 0 aromatic heterocycles. The van der Waals surface area contributed by atoms with Crippen molar-refractivity contribution in [1.82, 2.24) is 0 Å².